The van der Waals surface area contributed by atoms with Crippen LogP contribution in [0.15, 0.2) is 47.4 Å². The summed E-state index contributed by atoms with van der Waals surface area (Å²) in [6.07, 6.45) is 0.991. The van der Waals surface area contributed by atoms with Crippen LogP contribution in [0.1, 0.15) is 25.3 Å². The fraction of sp³-hybridized carbons (Fsp3) is 0.381. The number of rotatable bonds is 7. The molecule has 3 rings (SSSR count). The van der Waals surface area contributed by atoms with E-state index in [9.17, 15) is 13.2 Å². The highest BCUT2D eigenvalue weighted by Gasteiger charge is 2.31. The maximum absolute atomic E-state index is 12.8. The quantitative estimate of drug-likeness (QED) is 0.540. The zero-order valence-corrected chi connectivity index (χ0v) is 19.8. The number of nitrogens with one attached hydrogen (secondary N) is 1. The van der Waals surface area contributed by atoms with Crippen molar-refractivity contribution in [1.82, 2.24) is 4.31 Å². The summed E-state index contributed by atoms with van der Waals surface area (Å²) in [7, 11) is -3.49. The molecular weight excluding hydrogens is 463 g/mol. The summed E-state index contributed by atoms with van der Waals surface area (Å²) in [5.41, 5.74) is 1.40. The molecule has 0 aromatic heterocycles. The third-order valence-corrected chi connectivity index (χ3v) is 8.54. The van der Waals surface area contributed by atoms with Gasteiger partial charge in [-0.1, -0.05) is 48.3 Å². The van der Waals surface area contributed by atoms with Crippen molar-refractivity contribution in [2.75, 3.05) is 24.2 Å². The number of halogens is 2. The third-order valence-electron chi connectivity index (χ3n) is 5.00. The molecule has 1 saturated heterocycles. The first-order valence-electron chi connectivity index (χ1n) is 9.74. The number of carbonyl (C=O) groups excluding carboxylic acids is 1. The van der Waals surface area contributed by atoms with E-state index in [-0.39, 0.29) is 17.6 Å². The molecule has 0 spiro atoms. The van der Waals surface area contributed by atoms with Gasteiger partial charge < -0.3 is 5.32 Å². The van der Waals surface area contributed by atoms with Crippen molar-refractivity contribution in [1.29, 1.82) is 0 Å². The number of amides is 1. The first kappa shape index (κ1) is 23.4. The molecule has 0 aliphatic carbocycles. The first-order valence-corrected chi connectivity index (χ1v) is 13.1. The number of hydrogen-bond donors (Lipinski definition) is 1. The largest absolute Gasteiger partial charge is 0.325 e. The highest BCUT2D eigenvalue weighted by Crippen LogP contribution is 2.29. The second-order valence-corrected chi connectivity index (χ2v) is 11.2. The van der Waals surface area contributed by atoms with Crippen LogP contribution in [0.5, 0.6) is 0 Å². The summed E-state index contributed by atoms with van der Waals surface area (Å²) < 4.78 is 27.0. The molecule has 1 aliphatic heterocycles. The summed E-state index contributed by atoms with van der Waals surface area (Å²) in [4.78, 5) is 13.8. The highest BCUT2D eigenvalue weighted by molar-refractivity contribution is 7.99. The van der Waals surface area contributed by atoms with Gasteiger partial charge in [0, 0.05) is 23.9 Å². The van der Waals surface area contributed by atoms with Crippen LogP contribution < -0.4 is 5.32 Å². The van der Waals surface area contributed by atoms with Crippen molar-refractivity contribution in [2.24, 2.45) is 5.92 Å². The number of sulfonamides is 1. The second-order valence-electron chi connectivity index (χ2n) is 7.10. The Balaban J connectivity index is 1.58. The number of nitrogens with zero attached hydrogens (tertiary/aromatic N) is 1. The van der Waals surface area contributed by atoms with Crippen LogP contribution >= 0.6 is 35.0 Å². The zero-order chi connectivity index (χ0) is 21.7. The highest BCUT2D eigenvalue weighted by atomic mass is 35.5. The minimum Gasteiger partial charge on any atom is -0.325 e. The van der Waals surface area contributed by atoms with Gasteiger partial charge in [0.05, 0.1) is 21.5 Å². The predicted molar refractivity (Wildman–Crippen MR) is 125 cm³/mol. The number of carbonyl (C=O) groups is 1. The van der Waals surface area contributed by atoms with Crippen molar-refractivity contribution in [3.8, 4) is 0 Å². The monoisotopic (exact) mass is 486 g/mol. The molecule has 0 saturated carbocycles. The smallest absolute Gasteiger partial charge is 0.227 e. The van der Waals surface area contributed by atoms with E-state index in [1.165, 1.54) is 4.31 Å². The lowest BCUT2D eigenvalue weighted by Crippen LogP contribution is -2.41. The van der Waals surface area contributed by atoms with Gasteiger partial charge in [-0.2, -0.15) is 0 Å². The lowest BCUT2D eigenvalue weighted by atomic mass is 9.97. The molecule has 0 unspecified atom stereocenters. The normalized spacial score (nSPS) is 15.8. The Hall–Kier alpha value is -1.25. The Bertz CT molecular complexity index is 1010. The van der Waals surface area contributed by atoms with Crippen LogP contribution in [0, 0.1) is 5.92 Å². The molecule has 2 aromatic carbocycles. The van der Waals surface area contributed by atoms with Crippen LogP contribution in [-0.4, -0.2) is 37.5 Å². The van der Waals surface area contributed by atoms with Crippen molar-refractivity contribution < 1.29 is 13.2 Å². The van der Waals surface area contributed by atoms with E-state index >= 15 is 0 Å². The minimum atomic E-state index is -3.49. The molecule has 0 atom stereocenters. The van der Waals surface area contributed by atoms with E-state index in [4.69, 9.17) is 23.2 Å². The van der Waals surface area contributed by atoms with Gasteiger partial charge in [-0.05, 0) is 48.4 Å². The Morgan fingerprint density at radius 3 is 2.50 bits per heavy atom. The van der Waals surface area contributed by atoms with Crippen LogP contribution in [0.2, 0.25) is 10.0 Å². The Labute approximate surface area is 192 Å². The SMILES string of the molecule is CCSc1ccccc1NC(=O)C1CCN(S(=O)(=O)Cc2ccc(Cl)c(Cl)c2)CC1. The number of piperidine rings is 1. The van der Waals surface area contributed by atoms with E-state index in [2.05, 4.69) is 12.2 Å². The number of para-hydroxylation sites is 1. The summed E-state index contributed by atoms with van der Waals surface area (Å²) in [5.74, 6) is 0.520. The summed E-state index contributed by atoms with van der Waals surface area (Å²) in [6.45, 7) is 2.72. The Morgan fingerprint density at radius 1 is 1.13 bits per heavy atom. The number of anilines is 1. The van der Waals surface area contributed by atoms with E-state index < -0.39 is 10.0 Å². The van der Waals surface area contributed by atoms with Crippen LogP contribution in [-0.2, 0) is 20.6 Å². The van der Waals surface area contributed by atoms with Gasteiger partial charge >= 0.3 is 0 Å². The maximum Gasteiger partial charge on any atom is 0.227 e. The molecular formula is C21H24Cl2N2O3S2. The molecule has 0 radical (unpaired) electrons. The second kappa shape index (κ2) is 10.4. The van der Waals surface area contributed by atoms with Gasteiger partial charge in [-0.15, -0.1) is 11.8 Å². The van der Waals surface area contributed by atoms with Crippen molar-refractivity contribution in [3.63, 3.8) is 0 Å². The lowest BCUT2D eigenvalue weighted by molar-refractivity contribution is -0.120. The van der Waals surface area contributed by atoms with E-state index in [1.807, 2.05) is 24.3 Å². The van der Waals surface area contributed by atoms with Gasteiger partial charge in [0.15, 0.2) is 0 Å². The van der Waals surface area contributed by atoms with Gasteiger partial charge in [0.2, 0.25) is 15.9 Å². The van der Waals surface area contributed by atoms with Crippen LogP contribution in [0.25, 0.3) is 0 Å². The predicted octanol–water partition coefficient (Wildman–Crippen LogP) is 5.29. The minimum absolute atomic E-state index is 0.0549. The van der Waals surface area contributed by atoms with Crippen molar-refractivity contribution in [2.45, 2.75) is 30.4 Å². The van der Waals surface area contributed by atoms with Gasteiger partial charge in [-0.25, -0.2) is 12.7 Å². The van der Waals surface area contributed by atoms with Crippen LogP contribution in [0.4, 0.5) is 5.69 Å². The molecule has 5 nitrogen and oxygen atoms in total. The molecule has 162 valence electrons. The molecule has 2 aromatic rings. The summed E-state index contributed by atoms with van der Waals surface area (Å²) in [5, 5.41) is 3.74. The van der Waals surface area contributed by atoms with E-state index in [1.54, 1.807) is 30.0 Å². The maximum atomic E-state index is 12.8. The number of thioether (sulfide) groups is 1. The summed E-state index contributed by atoms with van der Waals surface area (Å²) >= 11 is 13.6. The van der Waals surface area contributed by atoms with Gasteiger partial charge in [0.1, 0.15) is 0 Å². The van der Waals surface area contributed by atoms with Crippen LogP contribution in [0.3, 0.4) is 0 Å². The van der Waals surface area contributed by atoms with E-state index in [0.717, 1.165) is 16.3 Å². The number of hydrogen-bond acceptors (Lipinski definition) is 4. The third kappa shape index (κ3) is 5.92. The molecule has 1 heterocycles. The average Bonchev–Trinajstić information content (AvgIpc) is 2.72. The standard InChI is InChI=1S/C21H24Cl2N2O3S2/c1-2-29-20-6-4-3-5-19(20)24-21(26)16-9-11-25(12-10-16)30(27,28)14-15-7-8-17(22)18(23)13-15/h3-8,13,16H,2,9-12,14H2,1H3,(H,24,26). The summed E-state index contributed by atoms with van der Waals surface area (Å²) in [6, 6.07) is 12.6. The molecule has 1 aliphatic rings. The van der Waals surface area contributed by atoms with Gasteiger partial charge in [0.25, 0.3) is 0 Å². The first-order chi connectivity index (χ1) is 14.3. The Morgan fingerprint density at radius 2 is 1.83 bits per heavy atom. The zero-order valence-electron chi connectivity index (χ0n) is 16.6. The lowest BCUT2D eigenvalue weighted by Gasteiger charge is -2.30. The molecule has 1 fully saturated rings. The molecule has 30 heavy (non-hydrogen) atoms. The van der Waals surface area contributed by atoms with E-state index in [0.29, 0.717) is 41.5 Å². The fourth-order valence-electron chi connectivity index (χ4n) is 3.41. The molecule has 9 heteroatoms. The average molecular weight is 487 g/mol. The Kier molecular flexibility index (Phi) is 8.10. The molecule has 0 bridgehead atoms. The van der Waals surface area contributed by atoms with Gasteiger partial charge in [-0.3, -0.25) is 4.79 Å². The fourth-order valence-corrected chi connectivity index (χ4v) is 6.05. The van der Waals surface area contributed by atoms with Crippen molar-refractivity contribution in [3.05, 3.63) is 58.1 Å². The van der Waals surface area contributed by atoms with Crippen molar-refractivity contribution >= 4 is 56.6 Å². The molecule has 1 N–H and O–H groups in total. The number of benzene rings is 2. The molecule has 1 amide bonds. The topological polar surface area (TPSA) is 66.5 Å².